The summed E-state index contributed by atoms with van der Waals surface area (Å²) >= 11 is 0. The molecule has 3 aliphatic carbocycles. The van der Waals surface area contributed by atoms with Gasteiger partial charge in [-0.2, -0.15) is 0 Å². The van der Waals surface area contributed by atoms with Crippen LogP contribution in [-0.4, -0.2) is 25.2 Å². The number of nitrogens with one attached hydrogen (secondary N) is 1. The van der Waals surface area contributed by atoms with Crippen LogP contribution in [0.25, 0.3) is 0 Å². The number of carbonyl (C=O) groups is 1. The zero-order valence-electron chi connectivity index (χ0n) is 11.6. The van der Waals surface area contributed by atoms with E-state index in [0.29, 0.717) is 11.9 Å². The van der Waals surface area contributed by atoms with Gasteiger partial charge in [-0.1, -0.05) is 6.42 Å². The number of ether oxygens (including phenoxy) is 1. The average molecular weight is 263 g/mol. The number of carbonyl (C=O) groups excluding carboxylic acids is 1. The minimum atomic E-state index is 0.215. The molecule has 0 spiro atoms. The van der Waals surface area contributed by atoms with E-state index in [-0.39, 0.29) is 5.92 Å². The lowest BCUT2D eigenvalue weighted by Crippen LogP contribution is -2.45. The summed E-state index contributed by atoms with van der Waals surface area (Å²) in [6, 6.07) is 0.500. The molecule has 106 valence electrons. The lowest BCUT2D eigenvalue weighted by molar-refractivity contribution is -0.129. The van der Waals surface area contributed by atoms with E-state index < -0.39 is 0 Å². The third kappa shape index (κ3) is 2.01. The van der Waals surface area contributed by atoms with Gasteiger partial charge in [0, 0.05) is 25.2 Å². The highest BCUT2D eigenvalue weighted by Crippen LogP contribution is 2.58. The summed E-state index contributed by atoms with van der Waals surface area (Å²) in [5.74, 6) is 4.22. The highest BCUT2D eigenvalue weighted by atomic mass is 16.5. The second-order valence-electron chi connectivity index (χ2n) is 7.16. The molecule has 1 N–H and O–H groups in total. The molecule has 0 aromatic rings. The van der Waals surface area contributed by atoms with Crippen molar-refractivity contribution in [3.05, 3.63) is 0 Å². The molecule has 3 saturated carbocycles. The Morgan fingerprint density at radius 3 is 2.58 bits per heavy atom. The van der Waals surface area contributed by atoms with Crippen molar-refractivity contribution in [3.8, 4) is 0 Å². The van der Waals surface area contributed by atoms with Gasteiger partial charge in [0.25, 0.3) is 0 Å². The fourth-order valence-corrected chi connectivity index (χ4v) is 5.49. The molecule has 1 aliphatic heterocycles. The van der Waals surface area contributed by atoms with Crippen LogP contribution < -0.4 is 5.32 Å². The first-order valence-electron chi connectivity index (χ1n) is 8.21. The van der Waals surface area contributed by atoms with Crippen LogP contribution >= 0.6 is 0 Å². The minimum Gasteiger partial charge on any atom is -0.381 e. The smallest absolute Gasteiger partial charge is 0.223 e. The van der Waals surface area contributed by atoms with Crippen molar-refractivity contribution in [2.45, 2.75) is 51.0 Å². The largest absolute Gasteiger partial charge is 0.381 e. The van der Waals surface area contributed by atoms with Crippen LogP contribution in [-0.2, 0) is 9.53 Å². The van der Waals surface area contributed by atoms with Gasteiger partial charge in [0.15, 0.2) is 0 Å². The summed E-state index contributed by atoms with van der Waals surface area (Å²) in [5, 5.41) is 3.40. The summed E-state index contributed by atoms with van der Waals surface area (Å²) in [6.07, 6.45) is 8.82. The van der Waals surface area contributed by atoms with Gasteiger partial charge in [-0.15, -0.1) is 0 Å². The Bertz CT molecular complexity index is 364. The third-order valence-corrected chi connectivity index (χ3v) is 6.35. The molecule has 0 aromatic heterocycles. The maximum atomic E-state index is 12.4. The van der Waals surface area contributed by atoms with E-state index in [1.165, 1.54) is 32.1 Å². The van der Waals surface area contributed by atoms with Gasteiger partial charge in [0.2, 0.25) is 5.91 Å². The van der Waals surface area contributed by atoms with Crippen molar-refractivity contribution in [1.29, 1.82) is 0 Å². The summed E-state index contributed by atoms with van der Waals surface area (Å²) < 4.78 is 5.35. The van der Waals surface area contributed by atoms with Crippen molar-refractivity contribution >= 4 is 5.91 Å². The number of amides is 1. The zero-order valence-corrected chi connectivity index (χ0v) is 11.6. The van der Waals surface area contributed by atoms with Gasteiger partial charge < -0.3 is 10.1 Å². The highest BCUT2D eigenvalue weighted by Gasteiger charge is 2.54. The van der Waals surface area contributed by atoms with Crippen LogP contribution in [0, 0.1) is 29.6 Å². The topological polar surface area (TPSA) is 38.3 Å². The number of hydrogen-bond donors (Lipinski definition) is 1. The molecule has 1 heterocycles. The van der Waals surface area contributed by atoms with Crippen LogP contribution in [0.4, 0.5) is 0 Å². The zero-order chi connectivity index (χ0) is 12.8. The van der Waals surface area contributed by atoms with Crippen LogP contribution in [0.1, 0.15) is 44.9 Å². The van der Waals surface area contributed by atoms with Crippen LogP contribution in [0.2, 0.25) is 0 Å². The highest BCUT2D eigenvalue weighted by molar-refractivity contribution is 5.79. The summed E-state index contributed by atoms with van der Waals surface area (Å²) in [6.45, 7) is 1.53. The quantitative estimate of drug-likeness (QED) is 0.830. The molecule has 0 radical (unpaired) electrons. The molecular weight excluding hydrogens is 238 g/mol. The Kier molecular flexibility index (Phi) is 3.06. The number of hydrogen-bond acceptors (Lipinski definition) is 2. The number of rotatable bonds is 2. The van der Waals surface area contributed by atoms with Crippen LogP contribution in [0.15, 0.2) is 0 Å². The van der Waals surface area contributed by atoms with E-state index in [9.17, 15) is 4.79 Å². The van der Waals surface area contributed by atoms with Crippen molar-refractivity contribution < 1.29 is 9.53 Å². The summed E-state index contributed by atoms with van der Waals surface area (Å²) in [5.41, 5.74) is 0. The van der Waals surface area contributed by atoms with Gasteiger partial charge in [0.05, 0.1) is 0 Å². The Morgan fingerprint density at radius 2 is 1.74 bits per heavy atom. The number of fused-ring (bicyclic) bond motifs is 5. The standard InChI is InChI=1S/C16H25NO2/c18-16(10-4-6-19-7-5-10)17-15-9-11-8-14(15)13-3-1-2-12(11)13/h10-15H,1-9H2,(H,17,18). The van der Waals surface area contributed by atoms with Crippen LogP contribution in [0.3, 0.4) is 0 Å². The molecule has 4 fully saturated rings. The predicted octanol–water partition coefficient (Wildman–Crippen LogP) is 2.35. The Balaban J connectivity index is 1.37. The normalized spacial score (nSPS) is 45.4. The molecule has 1 amide bonds. The van der Waals surface area contributed by atoms with Gasteiger partial charge in [0.1, 0.15) is 0 Å². The van der Waals surface area contributed by atoms with Gasteiger partial charge >= 0.3 is 0 Å². The molecule has 2 bridgehead atoms. The lowest BCUT2D eigenvalue weighted by Gasteiger charge is -2.33. The van der Waals surface area contributed by atoms with E-state index in [1.54, 1.807) is 0 Å². The fraction of sp³-hybridized carbons (Fsp3) is 0.938. The van der Waals surface area contributed by atoms with E-state index >= 15 is 0 Å². The first-order valence-corrected chi connectivity index (χ1v) is 8.21. The third-order valence-electron chi connectivity index (χ3n) is 6.35. The van der Waals surface area contributed by atoms with E-state index in [0.717, 1.165) is 49.7 Å². The van der Waals surface area contributed by atoms with Crippen molar-refractivity contribution in [2.24, 2.45) is 29.6 Å². The first kappa shape index (κ1) is 12.2. The Morgan fingerprint density at radius 1 is 0.947 bits per heavy atom. The van der Waals surface area contributed by atoms with Crippen molar-refractivity contribution in [3.63, 3.8) is 0 Å². The second-order valence-corrected chi connectivity index (χ2v) is 7.16. The van der Waals surface area contributed by atoms with E-state index in [1.807, 2.05) is 0 Å². The van der Waals surface area contributed by atoms with Crippen LogP contribution in [0.5, 0.6) is 0 Å². The molecule has 5 unspecified atom stereocenters. The van der Waals surface area contributed by atoms with Gasteiger partial charge in [-0.3, -0.25) is 4.79 Å². The molecular formula is C16H25NO2. The van der Waals surface area contributed by atoms with E-state index in [2.05, 4.69) is 5.32 Å². The molecule has 4 aliphatic rings. The van der Waals surface area contributed by atoms with Crippen molar-refractivity contribution in [1.82, 2.24) is 5.32 Å². The molecule has 3 heteroatoms. The average Bonchev–Trinajstić information content (AvgIpc) is 3.11. The molecule has 19 heavy (non-hydrogen) atoms. The molecule has 4 rings (SSSR count). The predicted molar refractivity (Wildman–Crippen MR) is 72.5 cm³/mol. The fourth-order valence-electron chi connectivity index (χ4n) is 5.49. The maximum Gasteiger partial charge on any atom is 0.223 e. The maximum absolute atomic E-state index is 12.4. The Hall–Kier alpha value is -0.570. The molecule has 0 aromatic carbocycles. The SMILES string of the molecule is O=C(NC1CC2CC1C1CCCC21)C1CCOCC1. The summed E-state index contributed by atoms with van der Waals surface area (Å²) in [4.78, 5) is 12.4. The molecule has 3 nitrogen and oxygen atoms in total. The van der Waals surface area contributed by atoms with Gasteiger partial charge in [-0.25, -0.2) is 0 Å². The second kappa shape index (κ2) is 4.76. The van der Waals surface area contributed by atoms with E-state index in [4.69, 9.17) is 4.74 Å². The molecule has 5 atom stereocenters. The monoisotopic (exact) mass is 263 g/mol. The van der Waals surface area contributed by atoms with Gasteiger partial charge in [-0.05, 0) is 62.2 Å². The summed E-state index contributed by atoms with van der Waals surface area (Å²) in [7, 11) is 0. The first-order chi connectivity index (χ1) is 9.33. The lowest BCUT2D eigenvalue weighted by atomic mass is 9.79. The Labute approximate surface area is 115 Å². The minimum absolute atomic E-state index is 0.215. The van der Waals surface area contributed by atoms with Crippen molar-refractivity contribution in [2.75, 3.05) is 13.2 Å². The molecule has 1 saturated heterocycles.